The van der Waals surface area contributed by atoms with Gasteiger partial charge in [0.1, 0.15) is 11.8 Å². The minimum absolute atomic E-state index is 0.0807. The van der Waals surface area contributed by atoms with E-state index in [2.05, 4.69) is 0 Å². The van der Waals surface area contributed by atoms with Crippen LogP contribution in [0.1, 0.15) is 35.6 Å². The molecule has 3 heteroatoms. The van der Waals surface area contributed by atoms with Crippen molar-refractivity contribution < 1.29 is 5.11 Å². The van der Waals surface area contributed by atoms with Crippen LogP contribution in [0, 0.1) is 11.3 Å². The standard InChI is InChI=1S/C11H12N2O/c12-6-8-5-4-7-2-1-3-9(13)10(7)11(8)14/h4-5,9,14H,1-3,13H2/t9-/m0/s1. The summed E-state index contributed by atoms with van der Waals surface area (Å²) in [5.41, 5.74) is 8.08. The zero-order valence-electron chi connectivity index (χ0n) is 7.83. The smallest absolute Gasteiger partial charge is 0.138 e. The SMILES string of the molecule is N#Cc1ccc2c(c1O)[C@@H](N)CCC2. The van der Waals surface area contributed by atoms with Crippen LogP contribution in [0.25, 0.3) is 0 Å². The molecule has 2 rings (SSSR count). The number of aryl methyl sites for hydroxylation is 1. The molecule has 0 radical (unpaired) electrons. The minimum atomic E-state index is -0.118. The number of fused-ring (bicyclic) bond motifs is 1. The van der Waals surface area contributed by atoms with E-state index in [1.807, 2.05) is 12.1 Å². The molecule has 1 aliphatic rings. The van der Waals surface area contributed by atoms with Gasteiger partial charge in [-0.05, 0) is 30.9 Å². The topological polar surface area (TPSA) is 70.0 Å². The minimum Gasteiger partial charge on any atom is -0.506 e. The van der Waals surface area contributed by atoms with Gasteiger partial charge >= 0.3 is 0 Å². The molecule has 0 spiro atoms. The van der Waals surface area contributed by atoms with E-state index in [0.29, 0.717) is 5.56 Å². The lowest BCUT2D eigenvalue weighted by Crippen LogP contribution is -2.17. The van der Waals surface area contributed by atoms with Crippen LogP contribution in [0.15, 0.2) is 12.1 Å². The van der Waals surface area contributed by atoms with Crippen molar-refractivity contribution in [3.05, 3.63) is 28.8 Å². The summed E-state index contributed by atoms with van der Waals surface area (Å²) in [4.78, 5) is 0. The average Bonchev–Trinajstić information content (AvgIpc) is 2.18. The highest BCUT2D eigenvalue weighted by Gasteiger charge is 2.21. The predicted molar refractivity (Wildman–Crippen MR) is 52.7 cm³/mol. The molecule has 0 saturated carbocycles. The summed E-state index contributed by atoms with van der Waals surface area (Å²) in [6.07, 6.45) is 2.89. The highest BCUT2D eigenvalue weighted by molar-refractivity contribution is 5.53. The summed E-state index contributed by atoms with van der Waals surface area (Å²) in [7, 11) is 0. The lowest BCUT2D eigenvalue weighted by atomic mass is 9.86. The number of benzene rings is 1. The predicted octanol–water partition coefficient (Wildman–Crippen LogP) is 1.60. The monoisotopic (exact) mass is 188 g/mol. The Morgan fingerprint density at radius 3 is 3.00 bits per heavy atom. The zero-order chi connectivity index (χ0) is 10.1. The Kier molecular flexibility index (Phi) is 2.14. The van der Waals surface area contributed by atoms with Crippen LogP contribution in [0.5, 0.6) is 5.75 Å². The fourth-order valence-electron chi connectivity index (χ4n) is 2.03. The van der Waals surface area contributed by atoms with E-state index >= 15 is 0 Å². The van der Waals surface area contributed by atoms with Gasteiger partial charge in [0.25, 0.3) is 0 Å². The highest BCUT2D eigenvalue weighted by Crippen LogP contribution is 2.36. The molecule has 1 aliphatic carbocycles. The summed E-state index contributed by atoms with van der Waals surface area (Å²) >= 11 is 0. The summed E-state index contributed by atoms with van der Waals surface area (Å²) in [5, 5.41) is 18.6. The molecule has 1 aromatic carbocycles. The van der Waals surface area contributed by atoms with Gasteiger partial charge < -0.3 is 10.8 Å². The summed E-state index contributed by atoms with van der Waals surface area (Å²) in [5.74, 6) is 0.0807. The molecule has 0 unspecified atom stereocenters. The molecule has 14 heavy (non-hydrogen) atoms. The molecule has 0 amide bonds. The second-order valence-electron chi connectivity index (χ2n) is 3.65. The van der Waals surface area contributed by atoms with Crippen LogP contribution in [0.4, 0.5) is 0 Å². The van der Waals surface area contributed by atoms with Crippen molar-refractivity contribution in [3.8, 4) is 11.8 Å². The van der Waals surface area contributed by atoms with Crippen LogP contribution in [0.3, 0.4) is 0 Å². The van der Waals surface area contributed by atoms with Crippen LogP contribution >= 0.6 is 0 Å². The van der Waals surface area contributed by atoms with E-state index in [9.17, 15) is 5.11 Å². The first-order valence-corrected chi connectivity index (χ1v) is 4.74. The van der Waals surface area contributed by atoms with E-state index in [0.717, 1.165) is 30.4 Å². The van der Waals surface area contributed by atoms with Crippen molar-refractivity contribution in [2.24, 2.45) is 5.73 Å². The van der Waals surface area contributed by atoms with E-state index < -0.39 is 0 Å². The lowest BCUT2D eigenvalue weighted by Gasteiger charge is -2.23. The lowest BCUT2D eigenvalue weighted by molar-refractivity contribution is 0.446. The molecule has 0 aliphatic heterocycles. The number of hydrogen-bond acceptors (Lipinski definition) is 3. The molecule has 0 bridgehead atoms. The molecular weight excluding hydrogens is 176 g/mol. The first-order valence-electron chi connectivity index (χ1n) is 4.74. The van der Waals surface area contributed by atoms with E-state index in [4.69, 9.17) is 11.0 Å². The maximum absolute atomic E-state index is 9.80. The Bertz CT molecular complexity index is 406. The molecule has 1 aromatic rings. The Labute approximate surface area is 82.8 Å². The molecule has 0 heterocycles. The zero-order valence-corrected chi connectivity index (χ0v) is 7.83. The molecule has 1 atom stereocenters. The van der Waals surface area contributed by atoms with Gasteiger partial charge in [0.15, 0.2) is 0 Å². The Hall–Kier alpha value is -1.53. The third-order valence-corrected chi connectivity index (χ3v) is 2.76. The summed E-state index contributed by atoms with van der Waals surface area (Å²) in [6.45, 7) is 0. The Morgan fingerprint density at radius 1 is 1.50 bits per heavy atom. The van der Waals surface area contributed by atoms with Crippen molar-refractivity contribution in [3.63, 3.8) is 0 Å². The first kappa shape index (κ1) is 9.04. The van der Waals surface area contributed by atoms with Crippen molar-refractivity contribution in [2.75, 3.05) is 0 Å². The first-order chi connectivity index (χ1) is 6.74. The highest BCUT2D eigenvalue weighted by atomic mass is 16.3. The van der Waals surface area contributed by atoms with E-state index in [-0.39, 0.29) is 11.8 Å². The average molecular weight is 188 g/mol. The molecule has 3 nitrogen and oxygen atoms in total. The van der Waals surface area contributed by atoms with Gasteiger partial charge in [0, 0.05) is 11.6 Å². The number of phenols is 1. The summed E-state index contributed by atoms with van der Waals surface area (Å²) < 4.78 is 0. The Morgan fingerprint density at radius 2 is 2.29 bits per heavy atom. The van der Waals surface area contributed by atoms with Crippen LogP contribution in [0.2, 0.25) is 0 Å². The van der Waals surface area contributed by atoms with Crippen molar-refractivity contribution in [2.45, 2.75) is 25.3 Å². The third kappa shape index (κ3) is 1.24. The van der Waals surface area contributed by atoms with Gasteiger partial charge in [0.05, 0.1) is 5.56 Å². The van der Waals surface area contributed by atoms with E-state index in [1.165, 1.54) is 0 Å². The van der Waals surface area contributed by atoms with Crippen LogP contribution in [-0.4, -0.2) is 5.11 Å². The maximum atomic E-state index is 9.80. The van der Waals surface area contributed by atoms with Gasteiger partial charge in [-0.15, -0.1) is 0 Å². The summed E-state index contributed by atoms with van der Waals surface area (Å²) in [6, 6.07) is 5.40. The van der Waals surface area contributed by atoms with Gasteiger partial charge in [-0.25, -0.2) is 0 Å². The fraction of sp³-hybridized carbons (Fsp3) is 0.364. The molecule has 72 valence electrons. The number of aromatic hydroxyl groups is 1. The maximum Gasteiger partial charge on any atom is 0.138 e. The fourth-order valence-corrected chi connectivity index (χ4v) is 2.03. The number of phenolic OH excluding ortho intramolecular Hbond substituents is 1. The van der Waals surface area contributed by atoms with Gasteiger partial charge in [-0.3, -0.25) is 0 Å². The van der Waals surface area contributed by atoms with Crippen molar-refractivity contribution >= 4 is 0 Å². The van der Waals surface area contributed by atoms with Crippen molar-refractivity contribution in [1.82, 2.24) is 0 Å². The molecule has 0 fully saturated rings. The second-order valence-corrected chi connectivity index (χ2v) is 3.65. The number of rotatable bonds is 0. The third-order valence-electron chi connectivity index (χ3n) is 2.76. The Balaban J connectivity index is 2.61. The van der Waals surface area contributed by atoms with Gasteiger partial charge in [0.2, 0.25) is 0 Å². The molecule has 3 N–H and O–H groups in total. The number of nitrogens with two attached hydrogens (primary N) is 1. The number of nitriles is 1. The van der Waals surface area contributed by atoms with Crippen molar-refractivity contribution in [1.29, 1.82) is 5.26 Å². The molecule has 0 saturated heterocycles. The second kappa shape index (κ2) is 3.32. The number of hydrogen-bond donors (Lipinski definition) is 2. The van der Waals surface area contributed by atoms with Gasteiger partial charge in [-0.2, -0.15) is 5.26 Å². The molecule has 0 aromatic heterocycles. The van der Waals surface area contributed by atoms with Crippen LogP contribution < -0.4 is 5.73 Å². The van der Waals surface area contributed by atoms with E-state index in [1.54, 1.807) is 6.07 Å². The largest absolute Gasteiger partial charge is 0.506 e. The normalized spacial score (nSPS) is 19.9. The number of nitrogens with zero attached hydrogens (tertiary/aromatic N) is 1. The quantitative estimate of drug-likeness (QED) is 0.649. The van der Waals surface area contributed by atoms with Gasteiger partial charge in [-0.1, -0.05) is 6.07 Å². The molecular formula is C11H12N2O. The van der Waals surface area contributed by atoms with Crippen LogP contribution in [-0.2, 0) is 6.42 Å².